The summed E-state index contributed by atoms with van der Waals surface area (Å²) in [5.74, 6) is 1.93. The van der Waals surface area contributed by atoms with Gasteiger partial charge in [0, 0.05) is 38.9 Å². The van der Waals surface area contributed by atoms with Crippen LogP contribution in [0.2, 0.25) is 0 Å². The summed E-state index contributed by atoms with van der Waals surface area (Å²) in [5.41, 5.74) is 1.17. The van der Waals surface area contributed by atoms with E-state index in [0.717, 1.165) is 31.4 Å². The lowest BCUT2D eigenvalue weighted by Gasteiger charge is -2.20. The Morgan fingerprint density at radius 2 is 2.00 bits per heavy atom. The highest BCUT2D eigenvalue weighted by Gasteiger charge is 2.15. The van der Waals surface area contributed by atoms with Crippen LogP contribution in [0.5, 0.6) is 0 Å². The number of pyridine rings is 1. The first-order valence-corrected chi connectivity index (χ1v) is 8.43. The van der Waals surface area contributed by atoms with Gasteiger partial charge in [0.2, 0.25) is 0 Å². The molecule has 1 saturated carbocycles. The lowest BCUT2D eigenvalue weighted by atomic mass is 10.2. The van der Waals surface area contributed by atoms with E-state index in [4.69, 9.17) is 0 Å². The Balaban J connectivity index is 1.84. The minimum atomic E-state index is 0.578. The molecule has 122 valence electrons. The van der Waals surface area contributed by atoms with Gasteiger partial charge in [-0.15, -0.1) is 0 Å². The second kappa shape index (κ2) is 8.61. The summed E-state index contributed by atoms with van der Waals surface area (Å²) >= 11 is 0. The van der Waals surface area contributed by atoms with Crippen LogP contribution >= 0.6 is 0 Å². The first-order valence-electron chi connectivity index (χ1n) is 8.43. The van der Waals surface area contributed by atoms with Crippen LogP contribution in [0.3, 0.4) is 0 Å². The fourth-order valence-corrected chi connectivity index (χ4v) is 2.90. The van der Waals surface area contributed by atoms with Crippen LogP contribution < -0.4 is 15.5 Å². The van der Waals surface area contributed by atoms with Crippen LogP contribution in [0.1, 0.15) is 45.1 Å². The van der Waals surface area contributed by atoms with E-state index in [1.165, 1.54) is 31.2 Å². The molecule has 0 bridgehead atoms. The van der Waals surface area contributed by atoms with Crippen molar-refractivity contribution in [2.75, 3.05) is 25.0 Å². The summed E-state index contributed by atoms with van der Waals surface area (Å²) in [4.78, 5) is 11.1. The maximum Gasteiger partial charge on any atom is 0.191 e. The van der Waals surface area contributed by atoms with E-state index in [0.29, 0.717) is 6.04 Å². The second-order valence-electron chi connectivity index (χ2n) is 5.75. The molecule has 5 nitrogen and oxygen atoms in total. The van der Waals surface area contributed by atoms with Crippen molar-refractivity contribution >= 4 is 11.8 Å². The smallest absolute Gasteiger partial charge is 0.191 e. The first-order chi connectivity index (χ1) is 10.8. The van der Waals surface area contributed by atoms with Gasteiger partial charge in [-0.05, 0) is 38.3 Å². The largest absolute Gasteiger partial charge is 0.357 e. The number of aliphatic imine (C=N–C) groups is 1. The fraction of sp³-hybridized carbons (Fsp3) is 0.647. The quantitative estimate of drug-likeness (QED) is 0.626. The second-order valence-corrected chi connectivity index (χ2v) is 5.75. The predicted octanol–water partition coefficient (Wildman–Crippen LogP) is 2.54. The van der Waals surface area contributed by atoms with Crippen LogP contribution in [0.15, 0.2) is 23.3 Å². The highest BCUT2D eigenvalue weighted by Crippen LogP contribution is 2.17. The van der Waals surface area contributed by atoms with E-state index in [-0.39, 0.29) is 0 Å². The third-order valence-corrected chi connectivity index (χ3v) is 4.28. The molecule has 1 aliphatic carbocycles. The van der Waals surface area contributed by atoms with E-state index in [2.05, 4.69) is 51.5 Å². The van der Waals surface area contributed by atoms with Crippen molar-refractivity contribution in [3.8, 4) is 0 Å². The number of guanidine groups is 1. The topological polar surface area (TPSA) is 52.5 Å². The SMILES string of the molecule is CCN(CC)c1ccc(CNC(=NC)NC2CCCC2)cn1. The van der Waals surface area contributed by atoms with E-state index < -0.39 is 0 Å². The monoisotopic (exact) mass is 303 g/mol. The Bertz CT molecular complexity index is 458. The zero-order valence-corrected chi connectivity index (χ0v) is 14.1. The van der Waals surface area contributed by atoms with Crippen molar-refractivity contribution in [2.24, 2.45) is 4.99 Å². The molecule has 1 aromatic rings. The summed E-state index contributed by atoms with van der Waals surface area (Å²) in [6.45, 7) is 7.02. The van der Waals surface area contributed by atoms with Crippen LogP contribution in [0.25, 0.3) is 0 Å². The molecular formula is C17H29N5. The van der Waals surface area contributed by atoms with Gasteiger partial charge in [-0.1, -0.05) is 18.9 Å². The Hall–Kier alpha value is -1.78. The molecule has 0 amide bonds. The maximum atomic E-state index is 4.55. The van der Waals surface area contributed by atoms with Gasteiger partial charge in [0.25, 0.3) is 0 Å². The van der Waals surface area contributed by atoms with Gasteiger partial charge in [0.1, 0.15) is 5.82 Å². The van der Waals surface area contributed by atoms with Crippen LogP contribution in [0, 0.1) is 0 Å². The number of aromatic nitrogens is 1. The molecule has 1 aliphatic rings. The van der Waals surface area contributed by atoms with Gasteiger partial charge in [0.15, 0.2) is 5.96 Å². The number of hydrogen-bond donors (Lipinski definition) is 2. The Morgan fingerprint density at radius 1 is 1.27 bits per heavy atom. The number of anilines is 1. The molecule has 0 radical (unpaired) electrons. The Kier molecular flexibility index (Phi) is 6.49. The third kappa shape index (κ3) is 4.61. The molecule has 0 spiro atoms. The summed E-state index contributed by atoms with van der Waals surface area (Å²) in [5, 5.41) is 6.87. The molecule has 1 aromatic heterocycles. The molecule has 22 heavy (non-hydrogen) atoms. The van der Waals surface area contributed by atoms with Gasteiger partial charge in [-0.3, -0.25) is 4.99 Å². The Labute approximate surface area is 134 Å². The van der Waals surface area contributed by atoms with Crippen molar-refractivity contribution in [3.05, 3.63) is 23.9 Å². The molecule has 0 aliphatic heterocycles. The zero-order chi connectivity index (χ0) is 15.8. The summed E-state index contributed by atoms with van der Waals surface area (Å²) in [7, 11) is 1.83. The van der Waals surface area contributed by atoms with Crippen molar-refractivity contribution in [1.82, 2.24) is 15.6 Å². The normalized spacial score (nSPS) is 15.9. The lowest BCUT2D eigenvalue weighted by molar-refractivity contribution is 0.613. The van der Waals surface area contributed by atoms with E-state index in [1.54, 1.807) is 0 Å². The highest BCUT2D eigenvalue weighted by atomic mass is 15.2. The first kappa shape index (κ1) is 16.6. The molecule has 0 saturated heterocycles. The van der Waals surface area contributed by atoms with Gasteiger partial charge in [-0.25, -0.2) is 4.98 Å². The van der Waals surface area contributed by atoms with Gasteiger partial charge in [0.05, 0.1) is 0 Å². The molecule has 1 heterocycles. The minimum Gasteiger partial charge on any atom is -0.357 e. The summed E-state index contributed by atoms with van der Waals surface area (Å²) in [6.07, 6.45) is 7.10. The molecule has 2 N–H and O–H groups in total. The fourth-order valence-electron chi connectivity index (χ4n) is 2.90. The molecule has 1 fully saturated rings. The molecule has 0 atom stereocenters. The van der Waals surface area contributed by atoms with Crippen molar-refractivity contribution in [2.45, 2.75) is 52.1 Å². The number of hydrogen-bond acceptors (Lipinski definition) is 3. The number of nitrogens with one attached hydrogen (secondary N) is 2. The van der Waals surface area contributed by atoms with E-state index in [9.17, 15) is 0 Å². The van der Waals surface area contributed by atoms with Crippen molar-refractivity contribution in [1.29, 1.82) is 0 Å². The third-order valence-electron chi connectivity index (χ3n) is 4.28. The van der Waals surface area contributed by atoms with Gasteiger partial charge >= 0.3 is 0 Å². The zero-order valence-electron chi connectivity index (χ0n) is 14.1. The summed E-state index contributed by atoms with van der Waals surface area (Å²) < 4.78 is 0. The lowest BCUT2D eigenvalue weighted by Crippen LogP contribution is -2.41. The highest BCUT2D eigenvalue weighted by molar-refractivity contribution is 5.79. The maximum absolute atomic E-state index is 4.55. The van der Waals surface area contributed by atoms with E-state index >= 15 is 0 Å². The Morgan fingerprint density at radius 3 is 2.55 bits per heavy atom. The molecule has 2 rings (SSSR count). The minimum absolute atomic E-state index is 0.578. The van der Waals surface area contributed by atoms with Gasteiger partial charge < -0.3 is 15.5 Å². The van der Waals surface area contributed by atoms with Crippen molar-refractivity contribution < 1.29 is 0 Å². The van der Waals surface area contributed by atoms with Crippen LogP contribution in [-0.2, 0) is 6.54 Å². The standard InChI is InChI=1S/C17H29N5/c1-4-22(5-2)16-11-10-14(12-19-16)13-20-17(18-3)21-15-8-6-7-9-15/h10-12,15H,4-9,13H2,1-3H3,(H2,18,20,21). The number of rotatable bonds is 6. The van der Waals surface area contributed by atoms with Crippen LogP contribution in [-0.4, -0.2) is 37.1 Å². The number of nitrogens with zero attached hydrogens (tertiary/aromatic N) is 3. The molecule has 0 aromatic carbocycles. The van der Waals surface area contributed by atoms with Crippen LogP contribution in [0.4, 0.5) is 5.82 Å². The molecular weight excluding hydrogens is 274 g/mol. The average Bonchev–Trinajstić information content (AvgIpc) is 3.07. The summed E-state index contributed by atoms with van der Waals surface area (Å²) in [6, 6.07) is 4.81. The van der Waals surface area contributed by atoms with E-state index in [1.807, 2.05) is 13.2 Å². The molecule has 0 unspecified atom stereocenters. The average molecular weight is 303 g/mol. The predicted molar refractivity (Wildman–Crippen MR) is 93.4 cm³/mol. The van der Waals surface area contributed by atoms with Gasteiger partial charge in [-0.2, -0.15) is 0 Å². The van der Waals surface area contributed by atoms with Crippen molar-refractivity contribution in [3.63, 3.8) is 0 Å². The molecule has 5 heteroatoms.